The highest BCUT2D eigenvalue weighted by atomic mass is 16.7. The average molecular weight is 378 g/mol. The third kappa shape index (κ3) is 4.25. The number of anilines is 1. The lowest BCUT2D eigenvalue weighted by molar-refractivity contribution is 0.00578. The van der Waals surface area contributed by atoms with Gasteiger partial charge in [-0.25, -0.2) is 9.59 Å². The monoisotopic (exact) mass is 378 g/mol. The minimum atomic E-state index is -1.46. The molecule has 1 aliphatic heterocycles. The van der Waals surface area contributed by atoms with Crippen molar-refractivity contribution in [2.24, 2.45) is 0 Å². The largest absolute Gasteiger partial charge is 0.496 e. The maximum atomic E-state index is 12.4. The first kappa shape index (κ1) is 21.2. The van der Waals surface area contributed by atoms with Gasteiger partial charge in [0.15, 0.2) is 0 Å². The molecule has 2 heterocycles. The lowest BCUT2D eigenvalue weighted by atomic mass is 9.77. The number of pyridine rings is 1. The molecule has 0 aliphatic carbocycles. The molecule has 0 bridgehead atoms. The number of imide groups is 1. The molecule has 0 saturated carbocycles. The molecule has 1 fully saturated rings. The zero-order valence-electron chi connectivity index (χ0n) is 17.1. The van der Waals surface area contributed by atoms with E-state index in [1.54, 1.807) is 33.9 Å². The zero-order valence-corrected chi connectivity index (χ0v) is 17.1. The predicted octanol–water partition coefficient (Wildman–Crippen LogP) is 3.11. The van der Waals surface area contributed by atoms with E-state index in [4.69, 9.17) is 14.0 Å². The van der Waals surface area contributed by atoms with E-state index in [0.29, 0.717) is 15.9 Å². The fraction of sp³-hybridized carbons (Fsp3) is 0.611. The number of hydrogen-bond donors (Lipinski definition) is 1. The van der Waals surface area contributed by atoms with Gasteiger partial charge in [-0.15, -0.1) is 0 Å². The summed E-state index contributed by atoms with van der Waals surface area (Å²) in [5, 5.41) is 9.58. The molecule has 1 N–H and O–H groups in total. The molecule has 27 heavy (non-hydrogen) atoms. The number of carbonyl (C=O) groups is 2. The smallest absolute Gasteiger partial charge is 0.464 e. The summed E-state index contributed by atoms with van der Waals surface area (Å²) in [4.78, 5) is 28.8. The molecular formula is C18H27BN2O6. The molecule has 2 rings (SSSR count). The molecule has 1 aromatic rings. The van der Waals surface area contributed by atoms with Crippen LogP contribution in [0.1, 0.15) is 54.0 Å². The van der Waals surface area contributed by atoms with Crippen molar-refractivity contribution in [2.45, 2.75) is 72.2 Å². The summed E-state index contributed by atoms with van der Waals surface area (Å²) in [5.74, 6) is 0. The van der Waals surface area contributed by atoms with Crippen LogP contribution < -0.4 is 10.4 Å². The van der Waals surface area contributed by atoms with E-state index in [9.17, 15) is 14.7 Å². The average Bonchev–Trinajstić information content (AvgIpc) is 2.67. The van der Waals surface area contributed by atoms with Crippen LogP contribution >= 0.6 is 0 Å². The molecule has 2 amide bonds. The molecule has 0 unspecified atom stereocenters. The van der Waals surface area contributed by atoms with E-state index in [2.05, 4.69) is 4.98 Å². The van der Waals surface area contributed by atoms with E-state index in [1.165, 1.54) is 6.20 Å². The van der Waals surface area contributed by atoms with Crippen LogP contribution in [0.15, 0.2) is 12.4 Å². The number of hydrogen-bond acceptors (Lipinski definition) is 6. The normalized spacial score (nSPS) is 18.3. The minimum absolute atomic E-state index is 0.101. The van der Waals surface area contributed by atoms with Crippen LogP contribution in [-0.2, 0) is 14.0 Å². The van der Waals surface area contributed by atoms with E-state index in [-0.39, 0.29) is 5.69 Å². The zero-order chi connectivity index (χ0) is 20.8. The van der Waals surface area contributed by atoms with Gasteiger partial charge in [0.1, 0.15) is 5.60 Å². The van der Waals surface area contributed by atoms with Crippen molar-refractivity contribution in [2.75, 3.05) is 4.90 Å². The second-order valence-electron chi connectivity index (χ2n) is 8.56. The topological polar surface area (TPSA) is 98.2 Å². The molecule has 0 atom stereocenters. The van der Waals surface area contributed by atoms with Crippen LogP contribution in [-0.4, -0.2) is 46.2 Å². The summed E-state index contributed by atoms with van der Waals surface area (Å²) in [5.41, 5.74) is -0.785. The first-order valence-electron chi connectivity index (χ1n) is 8.72. The van der Waals surface area contributed by atoms with Crippen LogP contribution in [0.3, 0.4) is 0 Å². The molecular weight excluding hydrogens is 351 g/mol. The van der Waals surface area contributed by atoms with Gasteiger partial charge in [-0.05, 0) is 61.0 Å². The summed E-state index contributed by atoms with van der Waals surface area (Å²) in [6, 6.07) is 0. The van der Waals surface area contributed by atoms with Crippen LogP contribution in [0.4, 0.5) is 15.3 Å². The van der Waals surface area contributed by atoms with Gasteiger partial charge >= 0.3 is 19.3 Å². The molecule has 0 aromatic carbocycles. The third-order valence-corrected chi connectivity index (χ3v) is 4.74. The molecule has 8 nitrogen and oxygen atoms in total. The standard InChI is InChI=1S/C18H27BN2O6/c1-11-12(19-26-17(5,6)18(7,8)27-19)9-20-10-13(11)21(14(22)23)15(24)25-16(2,3)4/h9-10H,1-8H3,(H,22,23). The van der Waals surface area contributed by atoms with E-state index in [0.717, 1.165) is 0 Å². The van der Waals surface area contributed by atoms with Crippen molar-refractivity contribution >= 4 is 30.5 Å². The fourth-order valence-electron chi connectivity index (χ4n) is 2.55. The van der Waals surface area contributed by atoms with Gasteiger partial charge < -0.3 is 19.2 Å². The maximum absolute atomic E-state index is 12.4. The van der Waals surface area contributed by atoms with Crippen molar-refractivity contribution in [3.8, 4) is 0 Å². The van der Waals surface area contributed by atoms with Crippen molar-refractivity contribution < 1.29 is 28.7 Å². The van der Waals surface area contributed by atoms with Gasteiger partial charge in [0.2, 0.25) is 0 Å². The van der Waals surface area contributed by atoms with E-state index >= 15 is 0 Å². The SMILES string of the molecule is Cc1c(B2OC(C)(C)C(C)(C)O2)cncc1N(C(=O)O)C(=O)OC(C)(C)C. The number of rotatable bonds is 2. The van der Waals surface area contributed by atoms with Crippen LogP contribution in [0.2, 0.25) is 0 Å². The third-order valence-electron chi connectivity index (χ3n) is 4.74. The van der Waals surface area contributed by atoms with Gasteiger partial charge in [-0.1, -0.05) is 0 Å². The molecule has 1 aliphatic rings. The molecule has 9 heteroatoms. The van der Waals surface area contributed by atoms with Crippen LogP contribution in [0, 0.1) is 6.92 Å². The summed E-state index contributed by atoms with van der Waals surface area (Å²) in [6.07, 6.45) is 0.407. The minimum Gasteiger partial charge on any atom is -0.464 e. The van der Waals surface area contributed by atoms with Gasteiger partial charge in [-0.3, -0.25) is 4.98 Å². The summed E-state index contributed by atoms with van der Waals surface area (Å²) >= 11 is 0. The number of carbonyl (C=O) groups excluding carboxylic acids is 1. The maximum Gasteiger partial charge on any atom is 0.496 e. The van der Waals surface area contributed by atoms with Gasteiger partial charge in [0.05, 0.1) is 23.1 Å². The number of amides is 2. The Morgan fingerprint density at radius 3 is 2.11 bits per heavy atom. The highest BCUT2D eigenvalue weighted by molar-refractivity contribution is 6.62. The van der Waals surface area contributed by atoms with E-state index in [1.807, 2.05) is 27.7 Å². The molecule has 0 spiro atoms. The van der Waals surface area contributed by atoms with Crippen molar-refractivity contribution in [1.82, 2.24) is 4.98 Å². The Balaban J connectivity index is 2.43. The Hall–Kier alpha value is -2.13. The number of aromatic nitrogens is 1. The molecule has 0 radical (unpaired) electrons. The van der Waals surface area contributed by atoms with Crippen molar-refractivity contribution in [1.29, 1.82) is 0 Å². The van der Waals surface area contributed by atoms with Crippen molar-refractivity contribution in [3.63, 3.8) is 0 Å². The van der Waals surface area contributed by atoms with E-state index < -0.39 is 36.1 Å². The van der Waals surface area contributed by atoms with Gasteiger partial charge in [0.25, 0.3) is 0 Å². The van der Waals surface area contributed by atoms with Gasteiger partial charge in [-0.2, -0.15) is 4.90 Å². The Bertz CT molecular complexity index is 741. The Labute approximate surface area is 159 Å². The first-order valence-corrected chi connectivity index (χ1v) is 8.72. The fourth-order valence-corrected chi connectivity index (χ4v) is 2.55. The Morgan fingerprint density at radius 2 is 1.67 bits per heavy atom. The lowest BCUT2D eigenvalue weighted by Gasteiger charge is -2.32. The Kier molecular flexibility index (Phi) is 5.33. The molecule has 1 saturated heterocycles. The number of carboxylic acid groups (broad SMARTS) is 1. The first-order chi connectivity index (χ1) is 12.2. The summed E-state index contributed by atoms with van der Waals surface area (Å²) in [7, 11) is -0.725. The Morgan fingerprint density at radius 1 is 1.15 bits per heavy atom. The number of nitrogens with zero attached hydrogens (tertiary/aromatic N) is 2. The molecule has 1 aromatic heterocycles. The summed E-state index contributed by atoms with van der Waals surface area (Å²) < 4.78 is 17.3. The van der Waals surface area contributed by atoms with Crippen molar-refractivity contribution in [3.05, 3.63) is 18.0 Å². The van der Waals surface area contributed by atoms with Crippen LogP contribution in [0.5, 0.6) is 0 Å². The highest BCUT2D eigenvalue weighted by Crippen LogP contribution is 2.37. The molecule has 148 valence electrons. The number of ether oxygens (including phenoxy) is 1. The van der Waals surface area contributed by atoms with Gasteiger partial charge in [0, 0.05) is 11.7 Å². The highest BCUT2D eigenvalue weighted by Gasteiger charge is 2.52. The second-order valence-corrected chi connectivity index (χ2v) is 8.56. The lowest BCUT2D eigenvalue weighted by Crippen LogP contribution is -2.43. The quantitative estimate of drug-likeness (QED) is 0.790. The summed E-state index contributed by atoms with van der Waals surface area (Å²) in [6.45, 7) is 14.4. The second kappa shape index (κ2) is 6.80. The predicted molar refractivity (Wildman–Crippen MR) is 101 cm³/mol. The van der Waals surface area contributed by atoms with Crippen LogP contribution in [0.25, 0.3) is 0 Å².